The lowest BCUT2D eigenvalue weighted by Crippen LogP contribution is -2.11. The lowest BCUT2D eigenvalue weighted by atomic mass is 10.0. The monoisotopic (exact) mass is 167 g/mol. The Hall–Kier alpha value is -0.600. The van der Waals surface area contributed by atoms with Gasteiger partial charge in [-0.3, -0.25) is 0 Å². The van der Waals surface area contributed by atoms with E-state index >= 15 is 0 Å². The molecule has 12 heavy (non-hydrogen) atoms. The van der Waals surface area contributed by atoms with Gasteiger partial charge in [-0.1, -0.05) is 23.8 Å². The van der Waals surface area contributed by atoms with Gasteiger partial charge in [0.05, 0.1) is 6.10 Å². The highest BCUT2D eigenvalue weighted by atomic mass is 16.5. The normalized spacial score (nSPS) is 22.5. The van der Waals surface area contributed by atoms with Crippen LogP contribution >= 0.6 is 0 Å². The van der Waals surface area contributed by atoms with E-state index in [9.17, 15) is 0 Å². The average molecular weight is 167 g/mol. The number of rotatable bonds is 4. The Morgan fingerprint density at radius 2 is 2.50 bits per heavy atom. The van der Waals surface area contributed by atoms with Gasteiger partial charge in [-0.2, -0.15) is 0 Å². The van der Waals surface area contributed by atoms with E-state index in [1.54, 1.807) is 7.11 Å². The molecule has 1 unspecified atom stereocenters. The standard InChI is InChI=1S/C10H17NO/c1-11-8-7-9-3-5-10(12-2)6-4-9/h3-5,10-11H,6-8H2,1-2H3. The van der Waals surface area contributed by atoms with Crippen molar-refractivity contribution in [3.05, 3.63) is 23.8 Å². The van der Waals surface area contributed by atoms with Crippen LogP contribution in [0.3, 0.4) is 0 Å². The molecule has 1 aliphatic rings. The lowest BCUT2D eigenvalue weighted by Gasteiger charge is -2.14. The minimum absolute atomic E-state index is 0.295. The van der Waals surface area contributed by atoms with E-state index in [1.165, 1.54) is 5.57 Å². The molecule has 1 atom stereocenters. The summed E-state index contributed by atoms with van der Waals surface area (Å²) < 4.78 is 5.20. The molecule has 0 aromatic heterocycles. The molecular formula is C10H17NO. The van der Waals surface area contributed by atoms with Crippen molar-refractivity contribution in [2.45, 2.75) is 18.9 Å². The summed E-state index contributed by atoms with van der Waals surface area (Å²) in [6.45, 7) is 1.05. The molecule has 0 aromatic carbocycles. The second kappa shape index (κ2) is 5.12. The van der Waals surface area contributed by atoms with Crippen LogP contribution in [-0.2, 0) is 4.74 Å². The second-order valence-corrected chi connectivity index (χ2v) is 3.00. The molecule has 0 radical (unpaired) electrons. The fourth-order valence-electron chi connectivity index (χ4n) is 1.27. The molecule has 0 bridgehead atoms. The maximum atomic E-state index is 5.20. The Labute approximate surface area is 74.3 Å². The molecule has 2 nitrogen and oxygen atoms in total. The van der Waals surface area contributed by atoms with Crippen molar-refractivity contribution in [1.29, 1.82) is 0 Å². The Bertz CT molecular complexity index is 184. The molecule has 1 aliphatic carbocycles. The Morgan fingerprint density at radius 1 is 1.67 bits per heavy atom. The third kappa shape index (κ3) is 2.80. The predicted octanol–water partition coefficient (Wildman–Crippen LogP) is 1.50. The zero-order valence-electron chi connectivity index (χ0n) is 7.84. The number of allylic oxidation sites excluding steroid dienone is 1. The van der Waals surface area contributed by atoms with Gasteiger partial charge in [0.1, 0.15) is 0 Å². The van der Waals surface area contributed by atoms with Crippen LogP contribution in [-0.4, -0.2) is 26.8 Å². The highest BCUT2D eigenvalue weighted by Crippen LogP contribution is 2.14. The third-order valence-electron chi connectivity index (χ3n) is 2.10. The van der Waals surface area contributed by atoms with E-state index in [0.29, 0.717) is 6.10 Å². The zero-order valence-corrected chi connectivity index (χ0v) is 7.84. The first-order valence-electron chi connectivity index (χ1n) is 4.41. The Kier molecular flexibility index (Phi) is 4.05. The molecule has 0 fully saturated rings. The summed E-state index contributed by atoms with van der Waals surface area (Å²) in [6, 6.07) is 0. The average Bonchev–Trinajstić information content (AvgIpc) is 2.15. The van der Waals surface area contributed by atoms with Gasteiger partial charge in [0.15, 0.2) is 0 Å². The van der Waals surface area contributed by atoms with Crippen LogP contribution in [0.5, 0.6) is 0 Å². The smallest absolute Gasteiger partial charge is 0.0789 e. The quantitative estimate of drug-likeness (QED) is 0.685. The van der Waals surface area contributed by atoms with Crippen molar-refractivity contribution >= 4 is 0 Å². The van der Waals surface area contributed by atoms with E-state index in [-0.39, 0.29) is 0 Å². The highest BCUT2D eigenvalue weighted by molar-refractivity contribution is 5.24. The first-order chi connectivity index (χ1) is 5.86. The molecule has 0 spiro atoms. The summed E-state index contributed by atoms with van der Waals surface area (Å²) in [5, 5.41) is 3.13. The van der Waals surface area contributed by atoms with E-state index in [1.807, 2.05) is 7.05 Å². The van der Waals surface area contributed by atoms with E-state index in [2.05, 4.69) is 23.5 Å². The highest BCUT2D eigenvalue weighted by Gasteiger charge is 2.05. The summed E-state index contributed by atoms with van der Waals surface area (Å²) in [4.78, 5) is 0. The first kappa shape index (κ1) is 9.49. The number of ether oxygens (including phenoxy) is 1. The van der Waals surface area contributed by atoms with Crippen molar-refractivity contribution in [2.75, 3.05) is 20.7 Å². The van der Waals surface area contributed by atoms with Crippen molar-refractivity contribution < 1.29 is 4.74 Å². The SMILES string of the molecule is CNCCC1=CCC(OC)C=C1. The van der Waals surface area contributed by atoms with Crippen molar-refractivity contribution in [1.82, 2.24) is 5.32 Å². The second-order valence-electron chi connectivity index (χ2n) is 3.00. The fraction of sp³-hybridized carbons (Fsp3) is 0.600. The third-order valence-corrected chi connectivity index (χ3v) is 2.10. The molecule has 0 saturated heterocycles. The number of methoxy groups -OCH3 is 1. The minimum Gasteiger partial charge on any atom is -0.377 e. The van der Waals surface area contributed by atoms with Gasteiger partial charge in [-0.25, -0.2) is 0 Å². The Balaban J connectivity index is 2.31. The van der Waals surface area contributed by atoms with Crippen LogP contribution in [0, 0.1) is 0 Å². The predicted molar refractivity (Wildman–Crippen MR) is 51.2 cm³/mol. The molecule has 0 amide bonds. The van der Waals surface area contributed by atoms with Gasteiger partial charge >= 0.3 is 0 Å². The summed E-state index contributed by atoms with van der Waals surface area (Å²) >= 11 is 0. The zero-order chi connectivity index (χ0) is 8.81. The molecule has 68 valence electrons. The summed E-state index contributed by atoms with van der Waals surface area (Å²) in [5.41, 5.74) is 1.41. The number of hydrogen-bond donors (Lipinski definition) is 1. The van der Waals surface area contributed by atoms with Crippen molar-refractivity contribution in [2.24, 2.45) is 0 Å². The van der Waals surface area contributed by atoms with Crippen LogP contribution in [0.2, 0.25) is 0 Å². The first-order valence-corrected chi connectivity index (χ1v) is 4.41. The van der Waals surface area contributed by atoms with Crippen LogP contribution in [0.15, 0.2) is 23.8 Å². The van der Waals surface area contributed by atoms with Gasteiger partial charge in [0.2, 0.25) is 0 Å². The van der Waals surface area contributed by atoms with E-state index in [0.717, 1.165) is 19.4 Å². The van der Waals surface area contributed by atoms with E-state index in [4.69, 9.17) is 4.74 Å². The van der Waals surface area contributed by atoms with Crippen LogP contribution in [0.25, 0.3) is 0 Å². The van der Waals surface area contributed by atoms with Crippen LogP contribution < -0.4 is 5.32 Å². The van der Waals surface area contributed by atoms with Gasteiger partial charge in [0, 0.05) is 7.11 Å². The van der Waals surface area contributed by atoms with Crippen molar-refractivity contribution in [3.63, 3.8) is 0 Å². The summed E-state index contributed by atoms with van der Waals surface area (Å²) in [7, 11) is 3.73. The minimum atomic E-state index is 0.295. The largest absolute Gasteiger partial charge is 0.377 e. The molecule has 0 aromatic rings. The fourth-order valence-corrected chi connectivity index (χ4v) is 1.27. The number of hydrogen-bond acceptors (Lipinski definition) is 2. The van der Waals surface area contributed by atoms with Gasteiger partial charge < -0.3 is 10.1 Å². The summed E-state index contributed by atoms with van der Waals surface area (Å²) in [6.07, 6.45) is 8.98. The lowest BCUT2D eigenvalue weighted by molar-refractivity contribution is 0.142. The molecular weight excluding hydrogens is 150 g/mol. The van der Waals surface area contributed by atoms with Gasteiger partial charge in [-0.05, 0) is 26.4 Å². The molecule has 1 N–H and O–H groups in total. The maximum absolute atomic E-state index is 5.20. The summed E-state index contributed by atoms with van der Waals surface area (Å²) in [5.74, 6) is 0. The van der Waals surface area contributed by atoms with Crippen LogP contribution in [0.1, 0.15) is 12.8 Å². The van der Waals surface area contributed by atoms with Crippen LogP contribution in [0.4, 0.5) is 0 Å². The number of nitrogens with one attached hydrogen (secondary N) is 1. The molecule has 0 heterocycles. The van der Waals surface area contributed by atoms with Gasteiger partial charge in [-0.15, -0.1) is 0 Å². The molecule has 0 aliphatic heterocycles. The molecule has 1 rings (SSSR count). The Morgan fingerprint density at radius 3 is 3.00 bits per heavy atom. The topological polar surface area (TPSA) is 21.3 Å². The maximum Gasteiger partial charge on any atom is 0.0789 e. The molecule has 2 heteroatoms. The van der Waals surface area contributed by atoms with E-state index < -0.39 is 0 Å². The molecule has 0 saturated carbocycles. The van der Waals surface area contributed by atoms with Gasteiger partial charge in [0.25, 0.3) is 0 Å². The van der Waals surface area contributed by atoms with Crippen molar-refractivity contribution in [3.8, 4) is 0 Å².